The molecule has 108 valence electrons. The summed E-state index contributed by atoms with van der Waals surface area (Å²) in [7, 11) is 0. The summed E-state index contributed by atoms with van der Waals surface area (Å²) in [6, 6.07) is 8.46. The van der Waals surface area contributed by atoms with Crippen LogP contribution in [0.15, 0.2) is 30.6 Å². The quantitative estimate of drug-likeness (QED) is 0.772. The van der Waals surface area contributed by atoms with Gasteiger partial charge < -0.3 is 10.7 Å². The fourth-order valence-corrected chi connectivity index (χ4v) is 2.34. The van der Waals surface area contributed by atoms with Gasteiger partial charge in [-0.1, -0.05) is 45.0 Å². The van der Waals surface area contributed by atoms with Gasteiger partial charge in [0.25, 0.3) is 0 Å². The number of nitrogen functional groups attached to an aromatic ring is 1. The third kappa shape index (κ3) is 2.35. The number of anilines is 1. The fraction of sp³-hybridized carbons (Fsp3) is 0.312. The SMILES string of the molecule is CCC(C)(C)c1ccc(-c2nc(N)nc3nc[nH]c23)cc1. The van der Waals surface area contributed by atoms with Crippen molar-refractivity contribution in [1.29, 1.82) is 0 Å². The molecular weight excluding hydrogens is 262 g/mol. The van der Waals surface area contributed by atoms with Gasteiger partial charge in [0.05, 0.1) is 6.33 Å². The van der Waals surface area contributed by atoms with E-state index >= 15 is 0 Å². The molecule has 0 radical (unpaired) electrons. The number of benzene rings is 1. The van der Waals surface area contributed by atoms with Gasteiger partial charge in [0.1, 0.15) is 11.2 Å². The topological polar surface area (TPSA) is 80.5 Å². The van der Waals surface area contributed by atoms with Gasteiger partial charge in [-0.25, -0.2) is 9.97 Å². The molecule has 0 fully saturated rings. The van der Waals surface area contributed by atoms with Gasteiger partial charge in [-0.15, -0.1) is 0 Å². The van der Waals surface area contributed by atoms with Crippen LogP contribution in [0.25, 0.3) is 22.4 Å². The Morgan fingerprint density at radius 2 is 1.86 bits per heavy atom. The van der Waals surface area contributed by atoms with Crippen molar-refractivity contribution in [2.24, 2.45) is 0 Å². The zero-order valence-electron chi connectivity index (χ0n) is 12.5. The average Bonchev–Trinajstić information content (AvgIpc) is 2.94. The van der Waals surface area contributed by atoms with E-state index < -0.39 is 0 Å². The lowest BCUT2D eigenvalue weighted by atomic mass is 9.82. The number of aromatic nitrogens is 4. The molecule has 0 aliphatic carbocycles. The molecule has 0 aliphatic rings. The molecule has 21 heavy (non-hydrogen) atoms. The molecule has 0 saturated carbocycles. The Morgan fingerprint density at radius 1 is 1.14 bits per heavy atom. The molecule has 3 N–H and O–H groups in total. The van der Waals surface area contributed by atoms with E-state index in [9.17, 15) is 0 Å². The maximum absolute atomic E-state index is 5.77. The van der Waals surface area contributed by atoms with Crippen LogP contribution in [-0.4, -0.2) is 19.9 Å². The molecule has 3 rings (SSSR count). The molecule has 5 heteroatoms. The molecule has 5 nitrogen and oxygen atoms in total. The Labute approximate surface area is 123 Å². The van der Waals surface area contributed by atoms with E-state index in [4.69, 9.17) is 5.73 Å². The molecule has 2 heterocycles. The van der Waals surface area contributed by atoms with Gasteiger partial charge in [0.2, 0.25) is 5.95 Å². The monoisotopic (exact) mass is 281 g/mol. The normalized spacial score (nSPS) is 12.0. The van der Waals surface area contributed by atoms with Crippen molar-refractivity contribution in [3.63, 3.8) is 0 Å². The smallest absolute Gasteiger partial charge is 0.222 e. The van der Waals surface area contributed by atoms with Crippen LogP contribution in [-0.2, 0) is 5.41 Å². The highest BCUT2D eigenvalue weighted by molar-refractivity contribution is 5.87. The minimum absolute atomic E-state index is 0.173. The maximum Gasteiger partial charge on any atom is 0.222 e. The molecule has 0 aliphatic heterocycles. The van der Waals surface area contributed by atoms with Crippen molar-refractivity contribution in [1.82, 2.24) is 19.9 Å². The highest BCUT2D eigenvalue weighted by Gasteiger charge is 2.18. The van der Waals surface area contributed by atoms with Crippen molar-refractivity contribution in [2.75, 3.05) is 5.73 Å². The van der Waals surface area contributed by atoms with Crippen molar-refractivity contribution < 1.29 is 0 Å². The number of nitrogens with zero attached hydrogens (tertiary/aromatic N) is 3. The van der Waals surface area contributed by atoms with E-state index in [0.717, 1.165) is 23.2 Å². The number of aromatic amines is 1. The number of hydrogen-bond donors (Lipinski definition) is 2. The van der Waals surface area contributed by atoms with Gasteiger partial charge >= 0.3 is 0 Å². The molecule has 1 aromatic carbocycles. The maximum atomic E-state index is 5.77. The van der Waals surface area contributed by atoms with E-state index in [0.29, 0.717) is 5.65 Å². The second-order valence-electron chi connectivity index (χ2n) is 5.85. The summed E-state index contributed by atoms with van der Waals surface area (Å²) in [6.07, 6.45) is 2.70. The molecule has 0 saturated heterocycles. The van der Waals surface area contributed by atoms with Crippen LogP contribution in [0.4, 0.5) is 5.95 Å². The van der Waals surface area contributed by atoms with Crippen molar-refractivity contribution >= 4 is 17.1 Å². The molecule has 3 aromatic rings. The summed E-state index contributed by atoms with van der Waals surface area (Å²) in [5.41, 5.74) is 10.5. The first-order valence-electron chi connectivity index (χ1n) is 7.09. The summed E-state index contributed by atoms with van der Waals surface area (Å²) < 4.78 is 0. The first kappa shape index (κ1) is 13.5. The number of nitrogens with two attached hydrogens (primary N) is 1. The van der Waals surface area contributed by atoms with E-state index in [1.54, 1.807) is 6.33 Å². The third-order valence-corrected chi connectivity index (χ3v) is 4.13. The molecule has 0 bridgehead atoms. The number of nitrogens with one attached hydrogen (secondary N) is 1. The van der Waals surface area contributed by atoms with Crippen LogP contribution >= 0.6 is 0 Å². The van der Waals surface area contributed by atoms with Gasteiger partial charge in [-0.2, -0.15) is 4.98 Å². The van der Waals surface area contributed by atoms with Crippen LogP contribution < -0.4 is 5.73 Å². The number of fused-ring (bicyclic) bond motifs is 1. The highest BCUT2D eigenvalue weighted by atomic mass is 15.1. The Morgan fingerprint density at radius 3 is 2.52 bits per heavy atom. The zero-order valence-corrected chi connectivity index (χ0v) is 12.5. The highest BCUT2D eigenvalue weighted by Crippen LogP contribution is 2.30. The largest absolute Gasteiger partial charge is 0.368 e. The second kappa shape index (κ2) is 4.84. The fourth-order valence-electron chi connectivity index (χ4n) is 2.34. The molecule has 0 unspecified atom stereocenters. The summed E-state index contributed by atoms with van der Waals surface area (Å²) in [4.78, 5) is 15.7. The van der Waals surface area contributed by atoms with Crippen LogP contribution in [0, 0.1) is 0 Å². The van der Waals surface area contributed by atoms with Crippen LogP contribution in [0.5, 0.6) is 0 Å². The summed E-state index contributed by atoms with van der Waals surface area (Å²) >= 11 is 0. The minimum atomic E-state index is 0.173. The third-order valence-electron chi connectivity index (χ3n) is 4.13. The average molecular weight is 281 g/mol. The van der Waals surface area contributed by atoms with Gasteiger partial charge in [0, 0.05) is 5.56 Å². The Balaban J connectivity index is 2.09. The van der Waals surface area contributed by atoms with Crippen LogP contribution in [0.3, 0.4) is 0 Å². The Hall–Kier alpha value is -2.43. The van der Waals surface area contributed by atoms with E-state index in [-0.39, 0.29) is 11.4 Å². The van der Waals surface area contributed by atoms with Crippen molar-refractivity contribution in [2.45, 2.75) is 32.6 Å². The summed E-state index contributed by atoms with van der Waals surface area (Å²) in [5.74, 6) is 0.238. The molecule has 0 atom stereocenters. The first-order chi connectivity index (χ1) is 10.0. The number of imidazole rings is 1. The number of rotatable bonds is 3. The van der Waals surface area contributed by atoms with E-state index in [2.05, 4.69) is 65.0 Å². The zero-order chi connectivity index (χ0) is 15.0. The molecule has 2 aromatic heterocycles. The van der Waals surface area contributed by atoms with Crippen molar-refractivity contribution in [3.05, 3.63) is 36.2 Å². The Kier molecular flexibility index (Phi) is 3.12. The lowest BCUT2D eigenvalue weighted by Gasteiger charge is -2.23. The van der Waals surface area contributed by atoms with Crippen LogP contribution in [0.1, 0.15) is 32.8 Å². The predicted octanol–water partition coefficient (Wildman–Crippen LogP) is 3.29. The standard InChI is InChI=1S/C16H19N5/c1-4-16(2,3)11-7-5-10(6-8-11)12-13-14(19-9-18-13)21-15(17)20-12/h5-9H,4H2,1-3H3,(H3,17,18,19,20,21). The van der Waals surface area contributed by atoms with Gasteiger partial charge in [-0.3, -0.25) is 0 Å². The van der Waals surface area contributed by atoms with E-state index in [1.165, 1.54) is 5.56 Å². The lowest BCUT2D eigenvalue weighted by molar-refractivity contribution is 0.506. The lowest BCUT2D eigenvalue weighted by Crippen LogP contribution is -2.15. The Bertz CT molecular complexity index is 771. The first-order valence-corrected chi connectivity index (χ1v) is 7.09. The summed E-state index contributed by atoms with van der Waals surface area (Å²) in [6.45, 7) is 6.70. The van der Waals surface area contributed by atoms with Crippen LogP contribution in [0.2, 0.25) is 0 Å². The predicted molar refractivity (Wildman–Crippen MR) is 84.8 cm³/mol. The molecule has 0 spiro atoms. The molecular formula is C16H19N5. The number of hydrogen-bond acceptors (Lipinski definition) is 4. The van der Waals surface area contributed by atoms with Gasteiger partial charge in [-0.05, 0) is 17.4 Å². The minimum Gasteiger partial charge on any atom is -0.368 e. The summed E-state index contributed by atoms with van der Waals surface area (Å²) in [5, 5.41) is 0. The molecule has 0 amide bonds. The number of H-pyrrole nitrogens is 1. The second-order valence-corrected chi connectivity index (χ2v) is 5.85. The van der Waals surface area contributed by atoms with Gasteiger partial charge in [0.15, 0.2) is 5.65 Å². The van der Waals surface area contributed by atoms with Crippen molar-refractivity contribution in [3.8, 4) is 11.3 Å². The van der Waals surface area contributed by atoms with E-state index in [1.807, 2.05) is 0 Å².